The summed E-state index contributed by atoms with van der Waals surface area (Å²) in [5.74, 6) is -0.770. The largest absolute Gasteiger partial charge is 0.325 e. The minimum atomic E-state index is -0.577. The van der Waals surface area contributed by atoms with Crippen LogP contribution in [0.3, 0.4) is 0 Å². The molecule has 0 spiro atoms. The van der Waals surface area contributed by atoms with Crippen LogP contribution in [0.5, 0.6) is 0 Å². The van der Waals surface area contributed by atoms with Gasteiger partial charge in [-0.1, -0.05) is 36.0 Å². The Morgan fingerprint density at radius 1 is 1.21 bits per heavy atom. The Morgan fingerprint density at radius 3 is 2.76 bits per heavy atom. The van der Waals surface area contributed by atoms with Gasteiger partial charge >= 0.3 is 0 Å². The molecule has 0 fully saturated rings. The van der Waals surface area contributed by atoms with Crippen LogP contribution in [0.4, 0.5) is 10.1 Å². The normalized spacial score (nSPS) is 12.1. The predicted octanol–water partition coefficient (Wildman–Crippen LogP) is 3.37. The molecule has 2 aromatic carbocycles. The monoisotopic (exact) mass is 409 g/mol. The van der Waals surface area contributed by atoms with Crippen molar-refractivity contribution in [3.63, 3.8) is 0 Å². The number of carbonyl (C=O) groups is 1. The number of aromatic nitrogens is 4. The molecule has 146 valence electrons. The summed E-state index contributed by atoms with van der Waals surface area (Å²) in [6, 6.07) is 15.0. The van der Waals surface area contributed by atoms with Crippen molar-refractivity contribution in [3.05, 3.63) is 77.0 Å². The van der Waals surface area contributed by atoms with Gasteiger partial charge in [-0.2, -0.15) is 5.10 Å². The van der Waals surface area contributed by atoms with Gasteiger partial charge in [0, 0.05) is 5.69 Å². The Labute approximate surface area is 169 Å². The van der Waals surface area contributed by atoms with Gasteiger partial charge in [-0.05, 0) is 37.3 Å². The fourth-order valence-electron chi connectivity index (χ4n) is 2.74. The predicted molar refractivity (Wildman–Crippen MR) is 110 cm³/mol. The van der Waals surface area contributed by atoms with E-state index in [-0.39, 0.29) is 11.5 Å². The lowest BCUT2D eigenvalue weighted by atomic mass is 10.3. The SMILES string of the molecule is C[C@@H](Sc1nc2c(cnn2-c2ccccc2)c(=O)[nH]1)C(=O)Nc1cccc(F)c1. The second-order valence-electron chi connectivity index (χ2n) is 6.26. The average molecular weight is 409 g/mol. The van der Waals surface area contributed by atoms with Crippen LogP contribution in [0.25, 0.3) is 16.7 Å². The zero-order valence-electron chi connectivity index (χ0n) is 15.3. The van der Waals surface area contributed by atoms with Crippen molar-refractivity contribution in [3.8, 4) is 5.69 Å². The second kappa shape index (κ2) is 7.88. The molecule has 29 heavy (non-hydrogen) atoms. The number of hydrogen-bond acceptors (Lipinski definition) is 5. The number of hydrogen-bond donors (Lipinski definition) is 2. The number of anilines is 1. The van der Waals surface area contributed by atoms with Gasteiger partial charge in [-0.3, -0.25) is 9.59 Å². The Bertz CT molecular complexity index is 1240. The molecule has 0 aliphatic carbocycles. The minimum Gasteiger partial charge on any atom is -0.325 e. The number of para-hydroxylation sites is 1. The molecular weight excluding hydrogens is 393 g/mol. The molecule has 0 bridgehead atoms. The van der Waals surface area contributed by atoms with Crippen molar-refractivity contribution in [1.82, 2.24) is 19.7 Å². The number of halogens is 1. The van der Waals surface area contributed by atoms with Gasteiger partial charge in [0.05, 0.1) is 17.1 Å². The van der Waals surface area contributed by atoms with E-state index in [1.807, 2.05) is 30.3 Å². The molecule has 0 saturated heterocycles. The summed E-state index contributed by atoms with van der Waals surface area (Å²) in [5.41, 5.74) is 1.20. The van der Waals surface area contributed by atoms with Crippen molar-refractivity contribution in [1.29, 1.82) is 0 Å². The summed E-state index contributed by atoms with van der Waals surface area (Å²) in [6.45, 7) is 1.68. The van der Waals surface area contributed by atoms with E-state index in [0.717, 1.165) is 17.4 Å². The smallest absolute Gasteiger partial charge is 0.262 e. The van der Waals surface area contributed by atoms with Crippen molar-refractivity contribution < 1.29 is 9.18 Å². The van der Waals surface area contributed by atoms with Crippen LogP contribution < -0.4 is 10.9 Å². The number of fused-ring (bicyclic) bond motifs is 1. The number of benzene rings is 2. The van der Waals surface area contributed by atoms with E-state index in [1.54, 1.807) is 17.7 Å². The van der Waals surface area contributed by atoms with E-state index in [1.165, 1.54) is 24.4 Å². The van der Waals surface area contributed by atoms with Crippen LogP contribution >= 0.6 is 11.8 Å². The van der Waals surface area contributed by atoms with E-state index < -0.39 is 11.1 Å². The highest BCUT2D eigenvalue weighted by Crippen LogP contribution is 2.22. The van der Waals surface area contributed by atoms with E-state index in [0.29, 0.717) is 21.9 Å². The molecule has 1 atom stereocenters. The molecule has 4 rings (SSSR count). The van der Waals surface area contributed by atoms with E-state index in [2.05, 4.69) is 20.4 Å². The topological polar surface area (TPSA) is 92.7 Å². The van der Waals surface area contributed by atoms with Crippen LogP contribution in [0.1, 0.15) is 6.92 Å². The molecule has 2 aromatic heterocycles. The standard InChI is InChI=1S/C20H16FN5O2S/c1-12(18(27)23-14-7-5-6-13(21)10-14)29-20-24-17-16(19(28)25-20)11-22-26(17)15-8-3-2-4-9-15/h2-12H,1H3,(H,23,27)(H,24,25,28)/t12-/m1/s1. The highest BCUT2D eigenvalue weighted by atomic mass is 32.2. The van der Waals surface area contributed by atoms with Gasteiger partial charge in [-0.25, -0.2) is 14.1 Å². The number of aromatic amines is 1. The number of amides is 1. The van der Waals surface area contributed by atoms with Crippen LogP contribution in [0.15, 0.2) is 70.7 Å². The van der Waals surface area contributed by atoms with Crippen molar-refractivity contribution in [2.75, 3.05) is 5.32 Å². The number of thioether (sulfide) groups is 1. The highest BCUT2D eigenvalue weighted by Gasteiger charge is 2.18. The van der Waals surface area contributed by atoms with Crippen molar-refractivity contribution >= 4 is 34.4 Å². The summed E-state index contributed by atoms with van der Waals surface area (Å²) in [4.78, 5) is 32.0. The number of rotatable bonds is 5. The second-order valence-corrected chi connectivity index (χ2v) is 7.59. The van der Waals surface area contributed by atoms with Crippen molar-refractivity contribution in [2.24, 2.45) is 0 Å². The van der Waals surface area contributed by atoms with Gasteiger partial charge in [0.25, 0.3) is 5.56 Å². The molecule has 9 heteroatoms. The summed E-state index contributed by atoms with van der Waals surface area (Å²) in [7, 11) is 0. The number of nitrogens with zero attached hydrogens (tertiary/aromatic N) is 3. The van der Waals surface area contributed by atoms with E-state index in [4.69, 9.17) is 0 Å². The van der Waals surface area contributed by atoms with E-state index in [9.17, 15) is 14.0 Å². The van der Waals surface area contributed by atoms with Gasteiger partial charge in [0.2, 0.25) is 5.91 Å². The molecule has 7 nitrogen and oxygen atoms in total. The summed E-state index contributed by atoms with van der Waals surface area (Å²) in [6.07, 6.45) is 1.46. The molecule has 0 aliphatic heterocycles. The molecule has 2 heterocycles. The number of carbonyl (C=O) groups excluding carboxylic acids is 1. The zero-order chi connectivity index (χ0) is 20.4. The Balaban J connectivity index is 1.59. The maximum absolute atomic E-state index is 13.3. The van der Waals surface area contributed by atoms with Crippen molar-refractivity contribution in [2.45, 2.75) is 17.3 Å². The molecular formula is C20H16FN5O2S. The fourth-order valence-corrected chi connectivity index (χ4v) is 3.54. The molecule has 0 unspecified atom stereocenters. The maximum atomic E-state index is 13.3. The summed E-state index contributed by atoms with van der Waals surface area (Å²) in [5, 5.41) is 6.98. The molecule has 1 amide bonds. The molecule has 0 aliphatic rings. The third-order valence-corrected chi connectivity index (χ3v) is 5.15. The van der Waals surface area contributed by atoms with Crippen LogP contribution in [0.2, 0.25) is 0 Å². The summed E-state index contributed by atoms with van der Waals surface area (Å²) < 4.78 is 14.9. The fraction of sp³-hybridized carbons (Fsp3) is 0.100. The van der Waals surface area contributed by atoms with Crippen LogP contribution in [-0.2, 0) is 4.79 Å². The maximum Gasteiger partial charge on any atom is 0.262 e. The van der Waals surface area contributed by atoms with Crippen LogP contribution in [0, 0.1) is 5.82 Å². The first-order valence-electron chi connectivity index (χ1n) is 8.78. The van der Waals surface area contributed by atoms with Gasteiger partial charge in [0.1, 0.15) is 11.2 Å². The molecule has 4 aromatic rings. The Hall–Kier alpha value is -3.46. The van der Waals surface area contributed by atoms with Gasteiger partial charge in [0.15, 0.2) is 10.8 Å². The lowest BCUT2D eigenvalue weighted by molar-refractivity contribution is -0.115. The van der Waals surface area contributed by atoms with Gasteiger partial charge < -0.3 is 10.3 Å². The van der Waals surface area contributed by atoms with E-state index >= 15 is 0 Å². The quantitative estimate of drug-likeness (QED) is 0.389. The molecule has 0 radical (unpaired) electrons. The third kappa shape index (κ3) is 4.04. The Kier molecular flexibility index (Phi) is 5.13. The number of H-pyrrole nitrogens is 1. The lowest BCUT2D eigenvalue weighted by Crippen LogP contribution is -2.23. The minimum absolute atomic E-state index is 0.294. The number of nitrogens with one attached hydrogen (secondary N) is 2. The van der Waals surface area contributed by atoms with Crippen LogP contribution in [-0.4, -0.2) is 30.9 Å². The Morgan fingerprint density at radius 2 is 2.00 bits per heavy atom. The van der Waals surface area contributed by atoms with Gasteiger partial charge in [-0.15, -0.1) is 0 Å². The first-order valence-corrected chi connectivity index (χ1v) is 9.66. The first kappa shape index (κ1) is 18.9. The lowest BCUT2D eigenvalue weighted by Gasteiger charge is -2.11. The molecule has 2 N–H and O–H groups in total. The average Bonchev–Trinajstić information content (AvgIpc) is 3.13. The first-order chi connectivity index (χ1) is 14.0. The zero-order valence-corrected chi connectivity index (χ0v) is 16.1. The molecule has 0 saturated carbocycles. The third-order valence-electron chi connectivity index (χ3n) is 4.17. The summed E-state index contributed by atoms with van der Waals surface area (Å²) >= 11 is 1.10. The highest BCUT2D eigenvalue weighted by molar-refractivity contribution is 8.00.